The molecule has 10 heteroatoms. The number of thioether (sulfide) groups is 1. The zero-order valence-corrected chi connectivity index (χ0v) is 22.6. The third-order valence-electron chi connectivity index (χ3n) is 6.97. The van der Waals surface area contributed by atoms with Gasteiger partial charge >= 0.3 is 14.4 Å². The van der Waals surface area contributed by atoms with Crippen LogP contribution in [-0.2, 0) is 27.2 Å². The summed E-state index contributed by atoms with van der Waals surface area (Å²) in [5, 5.41) is 2.85. The molecule has 0 saturated heterocycles. The number of unbranched alkanes of at least 4 members (excludes halogenated alkanes) is 1. The minimum atomic E-state index is -4.58. The van der Waals surface area contributed by atoms with Gasteiger partial charge in [0.05, 0.1) is 5.56 Å². The number of hydrogen-bond acceptors (Lipinski definition) is 4. The second kappa shape index (κ2) is 14.6. The van der Waals surface area contributed by atoms with Gasteiger partial charge in [0.15, 0.2) is 0 Å². The molecule has 37 heavy (non-hydrogen) atoms. The van der Waals surface area contributed by atoms with Crippen LogP contribution in [0.1, 0.15) is 74.5 Å². The van der Waals surface area contributed by atoms with Gasteiger partial charge < -0.3 is 5.32 Å². The smallest absolute Gasteiger partial charge is 0.312 e. The largest absolute Gasteiger partial charge is 0.694 e. The number of nitrogens with one attached hydrogen (secondary N) is 1. The number of hydrogen-bond donors (Lipinski definition) is 2. The Balaban J connectivity index is 1.55. The van der Waals surface area contributed by atoms with Gasteiger partial charge in [0.2, 0.25) is 0 Å². The SMILES string of the molecule is O=[P+](O)OCCCNCc1cc(C(F)(F)F)c(SCCCCC2(c3ccccc3)CCCCC2)cc1F. The third-order valence-corrected chi connectivity index (χ3v) is 8.52. The van der Waals surface area contributed by atoms with Crippen molar-refractivity contribution in [3.8, 4) is 0 Å². The van der Waals surface area contributed by atoms with E-state index < -0.39 is 25.8 Å². The molecule has 1 unspecified atom stereocenters. The molecule has 0 aromatic heterocycles. The fourth-order valence-electron chi connectivity index (χ4n) is 5.09. The van der Waals surface area contributed by atoms with Gasteiger partial charge in [-0.05, 0) is 67.5 Å². The Kier molecular flexibility index (Phi) is 11.8. The van der Waals surface area contributed by atoms with Gasteiger partial charge in [-0.2, -0.15) is 13.2 Å². The minimum Gasteiger partial charge on any atom is -0.312 e. The maximum atomic E-state index is 14.6. The van der Waals surface area contributed by atoms with Crippen LogP contribution in [-0.4, -0.2) is 23.8 Å². The Labute approximate surface area is 221 Å². The maximum absolute atomic E-state index is 14.6. The van der Waals surface area contributed by atoms with Crippen LogP contribution in [0.2, 0.25) is 0 Å². The Morgan fingerprint density at radius 1 is 1.05 bits per heavy atom. The molecule has 1 atom stereocenters. The topological polar surface area (TPSA) is 58.6 Å². The zero-order chi connectivity index (χ0) is 26.7. The Morgan fingerprint density at radius 3 is 2.46 bits per heavy atom. The minimum absolute atomic E-state index is 0.0248. The molecule has 2 aromatic carbocycles. The lowest BCUT2D eigenvalue weighted by Gasteiger charge is -2.38. The summed E-state index contributed by atoms with van der Waals surface area (Å²) in [7, 11) is -2.68. The van der Waals surface area contributed by atoms with E-state index in [1.165, 1.54) is 24.8 Å². The molecule has 1 aliphatic carbocycles. The molecular weight excluding hydrogens is 525 g/mol. The lowest BCUT2D eigenvalue weighted by molar-refractivity contribution is -0.139. The van der Waals surface area contributed by atoms with E-state index in [0.717, 1.165) is 56.0 Å². The molecule has 0 radical (unpaired) electrons. The Bertz CT molecular complexity index is 1000. The first-order chi connectivity index (χ1) is 17.7. The van der Waals surface area contributed by atoms with Gasteiger partial charge in [-0.1, -0.05) is 56.0 Å². The predicted octanol–water partition coefficient (Wildman–Crippen LogP) is 8.16. The summed E-state index contributed by atoms with van der Waals surface area (Å²) >= 11 is 1.07. The van der Waals surface area contributed by atoms with Crippen LogP contribution >= 0.6 is 20.0 Å². The summed E-state index contributed by atoms with van der Waals surface area (Å²) in [6, 6.07) is 12.4. The number of halogens is 4. The Morgan fingerprint density at radius 2 is 1.78 bits per heavy atom. The van der Waals surface area contributed by atoms with Crippen LogP contribution in [0, 0.1) is 5.82 Å². The summed E-state index contributed by atoms with van der Waals surface area (Å²) in [4.78, 5) is 8.50. The van der Waals surface area contributed by atoms with Crippen molar-refractivity contribution >= 4 is 20.0 Å². The first-order valence-corrected chi connectivity index (χ1v) is 14.9. The number of rotatable bonds is 14. The van der Waals surface area contributed by atoms with Gasteiger partial charge in [0, 0.05) is 21.6 Å². The molecule has 204 valence electrons. The molecule has 1 saturated carbocycles. The average Bonchev–Trinajstić information content (AvgIpc) is 2.87. The molecular formula is C27H35F4NO3PS+. The van der Waals surface area contributed by atoms with Gasteiger partial charge in [-0.3, -0.25) is 0 Å². The van der Waals surface area contributed by atoms with E-state index in [2.05, 4.69) is 34.1 Å². The van der Waals surface area contributed by atoms with E-state index in [0.29, 0.717) is 18.7 Å². The van der Waals surface area contributed by atoms with Crippen molar-refractivity contribution in [2.45, 2.75) is 80.8 Å². The monoisotopic (exact) mass is 560 g/mol. The van der Waals surface area contributed by atoms with Crippen molar-refractivity contribution < 1.29 is 31.5 Å². The first-order valence-electron chi connectivity index (χ1n) is 12.8. The van der Waals surface area contributed by atoms with Gasteiger partial charge in [0.25, 0.3) is 0 Å². The van der Waals surface area contributed by atoms with E-state index in [-0.39, 0.29) is 29.0 Å². The molecule has 0 spiro atoms. The van der Waals surface area contributed by atoms with Crippen LogP contribution < -0.4 is 5.32 Å². The van der Waals surface area contributed by atoms with Gasteiger partial charge in [0.1, 0.15) is 12.4 Å². The molecule has 2 N–H and O–H groups in total. The van der Waals surface area contributed by atoms with Gasteiger partial charge in [-0.15, -0.1) is 21.2 Å². The average molecular weight is 561 g/mol. The van der Waals surface area contributed by atoms with Crippen molar-refractivity contribution in [2.24, 2.45) is 0 Å². The lowest BCUT2D eigenvalue weighted by atomic mass is 9.67. The third kappa shape index (κ3) is 9.32. The maximum Gasteiger partial charge on any atom is 0.694 e. The number of alkyl halides is 3. The highest BCUT2D eigenvalue weighted by molar-refractivity contribution is 7.99. The summed E-state index contributed by atoms with van der Waals surface area (Å²) in [5.41, 5.74) is 0.644. The van der Waals surface area contributed by atoms with E-state index >= 15 is 0 Å². The van der Waals surface area contributed by atoms with Crippen molar-refractivity contribution in [3.63, 3.8) is 0 Å². The summed E-state index contributed by atoms with van der Waals surface area (Å²) in [5.74, 6) is -0.180. The van der Waals surface area contributed by atoms with Crippen molar-refractivity contribution in [1.29, 1.82) is 0 Å². The molecule has 1 fully saturated rings. The van der Waals surface area contributed by atoms with E-state index in [1.807, 2.05) is 6.07 Å². The van der Waals surface area contributed by atoms with Gasteiger partial charge in [-0.25, -0.2) is 4.39 Å². The fourth-order valence-corrected chi connectivity index (χ4v) is 6.46. The molecule has 4 nitrogen and oxygen atoms in total. The van der Waals surface area contributed by atoms with E-state index in [1.54, 1.807) is 0 Å². The quantitative estimate of drug-likeness (QED) is 0.106. The van der Waals surface area contributed by atoms with Crippen molar-refractivity contribution in [1.82, 2.24) is 5.32 Å². The molecule has 1 aliphatic rings. The number of benzene rings is 2. The fraction of sp³-hybridized carbons (Fsp3) is 0.556. The highest BCUT2D eigenvalue weighted by Crippen LogP contribution is 2.44. The normalized spacial score (nSPS) is 16.1. The van der Waals surface area contributed by atoms with Crippen molar-refractivity contribution in [2.75, 3.05) is 18.9 Å². The molecule has 0 bridgehead atoms. The van der Waals surface area contributed by atoms with Crippen LogP contribution in [0.3, 0.4) is 0 Å². The molecule has 0 heterocycles. The van der Waals surface area contributed by atoms with Crippen molar-refractivity contribution in [3.05, 3.63) is 65.0 Å². The zero-order valence-electron chi connectivity index (χ0n) is 20.9. The standard InChI is InChI=1S/C27H34F4NO3PS/c28-24-19-25(23(27(29,30)31)18-21(24)20-32-15-9-16-35-36(33)34)37-17-8-7-14-26(12-5-2-6-13-26)22-10-3-1-4-11-22/h1,3-4,10-11,18-19,32H,2,5-9,12-17,20H2/p+1. The second-order valence-electron chi connectivity index (χ2n) is 9.55. The summed E-state index contributed by atoms with van der Waals surface area (Å²) in [6.07, 6.45) is 4.46. The van der Waals surface area contributed by atoms with E-state index in [4.69, 9.17) is 4.89 Å². The van der Waals surface area contributed by atoms with Crippen LogP contribution in [0.5, 0.6) is 0 Å². The second-order valence-corrected chi connectivity index (χ2v) is 11.4. The summed E-state index contributed by atoms with van der Waals surface area (Å²) in [6.45, 7) is 0.259. The molecule has 3 rings (SSSR count). The lowest BCUT2D eigenvalue weighted by Crippen LogP contribution is -2.29. The van der Waals surface area contributed by atoms with E-state index in [9.17, 15) is 22.1 Å². The molecule has 0 aliphatic heterocycles. The molecule has 0 amide bonds. The summed E-state index contributed by atoms with van der Waals surface area (Å²) < 4.78 is 70.9. The molecule has 2 aromatic rings. The Hall–Kier alpha value is -1.51. The van der Waals surface area contributed by atoms with Crippen LogP contribution in [0.25, 0.3) is 0 Å². The highest BCUT2D eigenvalue weighted by atomic mass is 32.2. The van der Waals surface area contributed by atoms with Crippen LogP contribution in [0.4, 0.5) is 17.6 Å². The predicted molar refractivity (Wildman–Crippen MR) is 139 cm³/mol. The highest BCUT2D eigenvalue weighted by Gasteiger charge is 2.35. The first kappa shape index (κ1) is 30.0. The van der Waals surface area contributed by atoms with Crippen LogP contribution in [0.15, 0.2) is 47.4 Å².